The Balaban J connectivity index is 2.14. The minimum Gasteiger partial charge on any atom is -0.497 e. The van der Waals surface area contributed by atoms with Gasteiger partial charge in [0.05, 0.1) is 24.2 Å². The third-order valence-corrected chi connectivity index (χ3v) is 6.69. The quantitative estimate of drug-likeness (QED) is 0.552. The summed E-state index contributed by atoms with van der Waals surface area (Å²) in [5.74, 6) is 0.143. The predicted molar refractivity (Wildman–Crippen MR) is 109 cm³/mol. The zero-order chi connectivity index (χ0) is 20.3. The van der Waals surface area contributed by atoms with Crippen LogP contribution in [0.2, 0.25) is 5.02 Å². The minimum atomic E-state index is -3.94. The van der Waals surface area contributed by atoms with Gasteiger partial charge in [-0.3, -0.25) is 4.31 Å². The van der Waals surface area contributed by atoms with Crippen molar-refractivity contribution in [3.8, 4) is 5.75 Å². The smallest absolute Gasteiger partial charge is 0.264 e. The fraction of sp³-hybridized carbons (Fsp3) is 0.143. The number of hydrogen-bond acceptors (Lipinski definition) is 3. The number of nitrogens with zero attached hydrogens (tertiary/aromatic N) is 1. The molecule has 0 radical (unpaired) electrons. The zero-order valence-corrected chi connectivity index (χ0v) is 17.0. The molecule has 3 aromatic rings. The summed E-state index contributed by atoms with van der Waals surface area (Å²) >= 11 is 6.15. The van der Waals surface area contributed by atoms with Gasteiger partial charge in [0, 0.05) is 11.1 Å². The number of anilines is 1. The third kappa shape index (κ3) is 4.13. The van der Waals surface area contributed by atoms with E-state index in [9.17, 15) is 12.8 Å². The van der Waals surface area contributed by atoms with E-state index in [0.717, 1.165) is 0 Å². The van der Waals surface area contributed by atoms with Crippen molar-refractivity contribution in [3.05, 3.63) is 88.7 Å². The van der Waals surface area contributed by atoms with Gasteiger partial charge in [0.1, 0.15) is 11.6 Å². The highest BCUT2D eigenvalue weighted by atomic mass is 35.5. The van der Waals surface area contributed by atoms with Crippen molar-refractivity contribution in [2.45, 2.75) is 18.4 Å². The van der Waals surface area contributed by atoms with E-state index in [1.54, 1.807) is 55.5 Å². The molecular weight excluding hydrogens is 401 g/mol. The summed E-state index contributed by atoms with van der Waals surface area (Å²) in [6.07, 6.45) is 0. The summed E-state index contributed by atoms with van der Waals surface area (Å²) in [6.45, 7) is 1.69. The van der Waals surface area contributed by atoms with Crippen molar-refractivity contribution in [1.82, 2.24) is 0 Å². The van der Waals surface area contributed by atoms with E-state index in [0.29, 0.717) is 27.6 Å². The standard InChI is InChI=1S/C21H19ClFNO3S/c1-15-20(22)7-4-8-21(15)28(25,26)24(14-16-9-11-17(23)12-10-16)18-5-3-6-19(13-18)27-2/h3-13H,14H2,1-2H3. The van der Waals surface area contributed by atoms with E-state index in [1.807, 2.05) is 0 Å². The average molecular weight is 420 g/mol. The van der Waals surface area contributed by atoms with E-state index in [1.165, 1.54) is 29.6 Å². The van der Waals surface area contributed by atoms with Crippen LogP contribution in [0.15, 0.2) is 71.6 Å². The van der Waals surface area contributed by atoms with E-state index < -0.39 is 10.0 Å². The van der Waals surface area contributed by atoms with Gasteiger partial charge in [-0.1, -0.05) is 35.9 Å². The summed E-state index contributed by atoms with van der Waals surface area (Å²) in [4.78, 5) is 0.116. The molecule has 28 heavy (non-hydrogen) atoms. The molecular formula is C21H19ClFNO3S. The lowest BCUT2D eigenvalue weighted by Crippen LogP contribution is -2.31. The van der Waals surface area contributed by atoms with Crippen molar-refractivity contribution in [3.63, 3.8) is 0 Å². The highest BCUT2D eigenvalue weighted by Crippen LogP contribution is 2.32. The van der Waals surface area contributed by atoms with Crippen molar-refractivity contribution < 1.29 is 17.5 Å². The molecule has 0 heterocycles. The van der Waals surface area contributed by atoms with Crippen molar-refractivity contribution >= 4 is 27.3 Å². The summed E-state index contributed by atoms with van der Waals surface area (Å²) < 4.78 is 46.8. The Morgan fingerprint density at radius 2 is 1.71 bits per heavy atom. The molecule has 0 unspecified atom stereocenters. The summed E-state index contributed by atoms with van der Waals surface area (Å²) in [6, 6.07) is 17.3. The Morgan fingerprint density at radius 3 is 2.39 bits per heavy atom. The van der Waals surface area contributed by atoms with Crippen molar-refractivity contribution in [2.75, 3.05) is 11.4 Å². The number of halogens is 2. The molecule has 0 N–H and O–H groups in total. The fourth-order valence-corrected chi connectivity index (χ4v) is 4.75. The van der Waals surface area contributed by atoms with Gasteiger partial charge in [-0.05, 0) is 54.4 Å². The van der Waals surface area contributed by atoms with Gasteiger partial charge in [0.25, 0.3) is 10.0 Å². The highest BCUT2D eigenvalue weighted by Gasteiger charge is 2.27. The van der Waals surface area contributed by atoms with Crippen LogP contribution >= 0.6 is 11.6 Å². The van der Waals surface area contributed by atoms with Crippen LogP contribution in [0.1, 0.15) is 11.1 Å². The molecule has 0 aliphatic rings. The molecule has 0 atom stereocenters. The van der Waals surface area contributed by atoms with Crippen LogP contribution in [0.3, 0.4) is 0 Å². The predicted octanol–water partition coefficient (Wildman–Crippen LogP) is 5.19. The largest absolute Gasteiger partial charge is 0.497 e. The number of sulfonamides is 1. The topological polar surface area (TPSA) is 46.6 Å². The number of ether oxygens (including phenoxy) is 1. The molecule has 0 spiro atoms. The Hall–Kier alpha value is -2.57. The molecule has 3 rings (SSSR count). The molecule has 3 aromatic carbocycles. The van der Waals surface area contributed by atoms with Gasteiger partial charge in [0.2, 0.25) is 0 Å². The van der Waals surface area contributed by atoms with Crippen molar-refractivity contribution in [2.24, 2.45) is 0 Å². The van der Waals surface area contributed by atoms with E-state index >= 15 is 0 Å². The first-order valence-corrected chi connectivity index (χ1v) is 10.3. The SMILES string of the molecule is COc1cccc(N(Cc2ccc(F)cc2)S(=O)(=O)c2cccc(Cl)c2C)c1. The molecule has 0 saturated heterocycles. The van der Waals surface area contributed by atoms with Crippen LogP contribution in [-0.2, 0) is 16.6 Å². The normalized spacial score (nSPS) is 11.3. The van der Waals surface area contributed by atoms with E-state index in [4.69, 9.17) is 16.3 Å². The van der Waals surface area contributed by atoms with Crippen LogP contribution in [0.5, 0.6) is 5.75 Å². The van der Waals surface area contributed by atoms with Crippen LogP contribution in [-0.4, -0.2) is 15.5 Å². The maximum Gasteiger partial charge on any atom is 0.264 e. The van der Waals surface area contributed by atoms with Gasteiger partial charge in [0.15, 0.2) is 0 Å². The van der Waals surface area contributed by atoms with Gasteiger partial charge in [-0.2, -0.15) is 0 Å². The van der Waals surface area contributed by atoms with Crippen LogP contribution in [0.4, 0.5) is 10.1 Å². The third-order valence-electron chi connectivity index (χ3n) is 4.37. The molecule has 146 valence electrons. The molecule has 4 nitrogen and oxygen atoms in total. The second-order valence-corrected chi connectivity index (χ2v) is 8.44. The zero-order valence-electron chi connectivity index (χ0n) is 15.4. The van der Waals surface area contributed by atoms with E-state index in [-0.39, 0.29) is 17.3 Å². The number of methoxy groups -OCH3 is 1. The number of rotatable bonds is 6. The first-order chi connectivity index (χ1) is 13.3. The minimum absolute atomic E-state index is 0.0295. The van der Waals surface area contributed by atoms with Crippen LogP contribution < -0.4 is 9.04 Å². The van der Waals surface area contributed by atoms with Gasteiger partial charge < -0.3 is 4.74 Å². The summed E-state index contributed by atoms with van der Waals surface area (Å²) in [7, 11) is -2.43. The van der Waals surface area contributed by atoms with Crippen LogP contribution in [0, 0.1) is 12.7 Å². The lowest BCUT2D eigenvalue weighted by Gasteiger charge is -2.26. The lowest BCUT2D eigenvalue weighted by atomic mass is 10.2. The molecule has 0 amide bonds. The van der Waals surface area contributed by atoms with Crippen LogP contribution in [0.25, 0.3) is 0 Å². The maximum absolute atomic E-state index is 13.5. The molecule has 0 aliphatic carbocycles. The Kier molecular flexibility index (Phi) is 5.91. The molecule has 0 bridgehead atoms. The number of hydrogen-bond donors (Lipinski definition) is 0. The molecule has 0 fully saturated rings. The molecule has 7 heteroatoms. The van der Waals surface area contributed by atoms with E-state index in [2.05, 4.69) is 0 Å². The summed E-state index contributed by atoms with van der Waals surface area (Å²) in [5, 5.41) is 0.369. The second kappa shape index (κ2) is 8.20. The Morgan fingerprint density at radius 1 is 1.04 bits per heavy atom. The first-order valence-electron chi connectivity index (χ1n) is 8.49. The average Bonchev–Trinajstić information content (AvgIpc) is 2.69. The van der Waals surface area contributed by atoms with Crippen molar-refractivity contribution in [1.29, 1.82) is 0 Å². The van der Waals surface area contributed by atoms with Gasteiger partial charge in [-0.15, -0.1) is 0 Å². The molecule has 0 aromatic heterocycles. The van der Waals surface area contributed by atoms with Gasteiger partial charge in [-0.25, -0.2) is 12.8 Å². The Bertz CT molecular complexity index is 1090. The summed E-state index contributed by atoms with van der Waals surface area (Å²) in [5.41, 5.74) is 1.55. The molecule has 0 saturated carbocycles. The first kappa shape index (κ1) is 20.2. The maximum atomic E-state index is 13.5. The Labute approximate surface area is 169 Å². The fourth-order valence-electron chi connectivity index (χ4n) is 2.82. The number of benzene rings is 3. The monoisotopic (exact) mass is 419 g/mol. The highest BCUT2D eigenvalue weighted by molar-refractivity contribution is 7.92. The molecule has 0 aliphatic heterocycles. The van der Waals surface area contributed by atoms with Gasteiger partial charge >= 0.3 is 0 Å². The second-order valence-electron chi connectivity index (χ2n) is 6.20. The lowest BCUT2D eigenvalue weighted by molar-refractivity contribution is 0.415.